The SMILES string of the molecule is CCC(C)[C@H](N=C1CSC(=O)N1)C(=O)N(C)C. The summed E-state index contributed by atoms with van der Waals surface area (Å²) in [7, 11) is 3.44. The first-order valence-electron chi connectivity index (χ1n) is 5.67. The highest BCUT2D eigenvalue weighted by molar-refractivity contribution is 8.14. The molecule has 1 saturated heterocycles. The number of amidine groups is 1. The molecule has 0 aliphatic carbocycles. The van der Waals surface area contributed by atoms with E-state index in [4.69, 9.17) is 0 Å². The van der Waals surface area contributed by atoms with Crippen LogP contribution in [0.15, 0.2) is 4.99 Å². The molecule has 1 fully saturated rings. The Balaban J connectivity index is 2.84. The van der Waals surface area contributed by atoms with Gasteiger partial charge in [-0.05, 0) is 5.92 Å². The molecule has 0 spiro atoms. The van der Waals surface area contributed by atoms with Crippen molar-refractivity contribution in [2.45, 2.75) is 26.3 Å². The maximum atomic E-state index is 12.0. The van der Waals surface area contributed by atoms with Crippen molar-refractivity contribution < 1.29 is 9.59 Å². The van der Waals surface area contributed by atoms with Gasteiger partial charge in [-0.2, -0.15) is 0 Å². The number of nitrogens with one attached hydrogen (secondary N) is 1. The summed E-state index contributed by atoms with van der Waals surface area (Å²) in [4.78, 5) is 29.0. The van der Waals surface area contributed by atoms with Gasteiger partial charge in [-0.1, -0.05) is 32.0 Å². The van der Waals surface area contributed by atoms with Crippen LogP contribution in [0.25, 0.3) is 0 Å². The van der Waals surface area contributed by atoms with Crippen LogP contribution in [-0.2, 0) is 4.79 Å². The molecule has 0 radical (unpaired) electrons. The number of aliphatic imine (C=N–C) groups is 1. The Kier molecular flexibility index (Phi) is 4.99. The van der Waals surface area contributed by atoms with Crippen LogP contribution in [0.5, 0.6) is 0 Å². The highest BCUT2D eigenvalue weighted by Crippen LogP contribution is 2.16. The smallest absolute Gasteiger partial charge is 0.284 e. The molecule has 1 rings (SSSR count). The zero-order valence-electron chi connectivity index (χ0n) is 10.7. The number of amides is 2. The molecular weight excluding hydrogens is 238 g/mol. The van der Waals surface area contributed by atoms with Gasteiger partial charge in [-0.3, -0.25) is 14.6 Å². The van der Waals surface area contributed by atoms with Gasteiger partial charge in [0.05, 0.1) is 5.75 Å². The van der Waals surface area contributed by atoms with Crippen molar-refractivity contribution in [3.8, 4) is 0 Å². The first-order chi connectivity index (χ1) is 7.95. The average Bonchev–Trinajstić information content (AvgIpc) is 2.69. The van der Waals surface area contributed by atoms with Crippen molar-refractivity contribution in [3.63, 3.8) is 0 Å². The number of rotatable bonds is 4. The lowest BCUT2D eigenvalue weighted by atomic mass is 9.98. The van der Waals surface area contributed by atoms with Crippen LogP contribution >= 0.6 is 11.8 Å². The Morgan fingerprint density at radius 2 is 2.24 bits per heavy atom. The summed E-state index contributed by atoms with van der Waals surface area (Å²) in [6.07, 6.45) is 0.877. The average molecular weight is 257 g/mol. The molecule has 2 atom stereocenters. The van der Waals surface area contributed by atoms with Crippen LogP contribution in [0.3, 0.4) is 0 Å². The predicted octanol–water partition coefficient (Wildman–Crippen LogP) is 1.34. The Morgan fingerprint density at radius 3 is 2.65 bits per heavy atom. The van der Waals surface area contributed by atoms with Gasteiger partial charge >= 0.3 is 0 Å². The highest BCUT2D eigenvalue weighted by atomic mass is 32.2. The third-order valence-corrected chi connectivity index (χ3v) is 3.54. The number of carbonyl (C=O) groups is 2. The van der Waals surface area contributed by atoms with Crippen molar-refractivity contribution in [1.82, 2.24) is 10.2 Å². The summed E-state index contributed by atoms with van der Waals surface area (Å²) in [6.45, 7) is 4.03. The Bertz CT molecular complexity index is 342. The zero-order valence-corrected chi connectivity index (χ0v) is 11.5. The number of thioether (sulfide) groups is 1. The maximum Gasteiger partial charge on any atom is 0.284 e. The van der Waals surface area contributed by atoms with E-state index in [9.17, 15) is 9.59 Å². The molecule has 0 saturated carbocycles. The number of carbonyl (C=O) groups excluding carboxylic acids is 2. The van der Waals surface area contributed by atoms with Gasteiger partial charge in [0.1, 0.15) is 11.9 Å². The van der Waals surface area contributed by atoms with E-state index in [0.29, 0.717) is 11.6 Å². The van der Waals surface area contributed by atoms with Crippen LogP contribution in [0, 0.1) is 5.92 Å². The van der Waals surface area contributed by atoms with Crippen molar-refractivity contribution in [2.24, 2.45) is 10.9 Å². The van der Waals surface area contributed by atoms with Gasteiger partial charge in [0, 0.05) is 14.1 Å². The molecule has 5 nitrogen and oxygen atoms in total. The molecular formula is C11H19N3O2S. The summed E-state index contributed by atoms with van der Waals surface area (Å²) >= 11 is 1.18. The number of hydrogen-bond donors (Lipinski definition) is 1. The number of likely N-dealkylation sites (N-methyl/N-ethyl adjacent to an activating group) is 1. The van der Waals surface area contributed by atoms with E-state index in [1.165, 1.54) is 11.8 Å². The van der Waals surface area contributed by atoms with Crippen LogP contribution in [0.1, 0.15) is 20.3 Å². The second-order valence-electron chi connectivity index (χ2n) is 4.34. The van der Waals surface area contributed by atoms with E-state index in [0.717, 1.165) is 6.42 Å². The molecule has 17 heavy (non-hydrogen) atoms. The molecule has 0 bridgehead atoms. The molecule has 1 N–H and O–H groups in total. The van der Waals surface area contributed by atoms with Gasteiger partial charge in [-0.25, -0.2) is 0 Å². The summed E-state index contributed by atoms with van der Waals surface area (Å²) in [6, 6.07) is -0.399. The third kappa shape index (κ3) is 3.73. The van der Waals surface area contributed by atoms with Crippen molar-refractivity contribution in [1.29, 1.82) is 0 Å². The monoisotopic (exact) mass is 257 g/mol. The molecule has 0 aromatic carbocycles. The van der Waals surface area contributed by atoms with Gasteiger partial charge in [0.15, 0.2) is 0 Å². The van der Waals surface area contributed by atoms with Gasteiger partial charge < -0.3 is 10.2 Å². The minimum atomic E-state index is -0.399. The van der Waals surface area contributed by atoms with Crippen LogP contribution < -0.4 is 5.32 Å². The van der Waals surface area contributed by atoms with Crippen LogP contribution in [0.4, 0.5) is 4.79 Å². The van der Waals surface area contributed by atoms with Gasteiger partial charge in [0.2, 0.25) is 5.91 Å². The van der Waals surface area contributed by atoms with Crippen molar-refractivity contribution in [3.05, 3.63) is 0 Å². The highest BCUT2D eigenvalue weighted by Gasteiger charge is 2.27. The lowest BCUT2D eigenvalue weighted by Crippen LogP contribution is -2.38. The molecule has 1 aliphatic heterocycles. The van der Waals surface area contributed by atoms with Crippen molar-refractivity contribution in [2.75, 3.05) is 19.8 Å². The Hall–Kier alpha value is -1.04. The lowest BCUT2D eigenvalue weighted by molar-refractivity contribution is -0.131. The molecule has 0 aromatic heterocycles. The molecule has 6 heteroatoms. The van der Waals surface area contributed by atoms with E-state index in [1.54, 1.807) is 19.0 Å². The number of nitrogens with zero attached hydrogens (tertiary/aromatic N) is 2. The predicted molar refractivity (Wildman–Crippen MR) is 70.4 cm³/mol. The minimum Gasteiger partial charge on any atom is -0.347 e. The molecule has 2 amide bonds. The summed E-state index contributed by atoms with van der Waals surface area (Å²) in [5.74, 6) is 1.30. The second kappa shape index (κ2) is 6.05. The molecule has 1 aliphatic rings. The molecule has 1 unspecified atom stereocenters. The van der Waals surface area contributed by atoms with Gasteiger partial charge in [0.25, 0.3) is 5.24 Å². The first-order valence-corrected chi connectivity index (χ1v) is 6.65. The van der Waals surface area contributed by atoms with Gasteiger partial charge in [-0.15, -0.1) is 0 Å². The first kappa shape index (κ1) is 14.0. The minimum absolute atomic E-state index is 0.0157. The largest absolute Gasteiger partial charge is 0.347 e. The molecule has 0 aromatic rings. The van der Waals surface area contributed by atoms with Crippen molar-refractivity contribution >= 4 is 28.7 Å². The van der Waals surface area contributed by atoms with E-state index < -0.39 is 6.04 Å². The summed E-state index contributed by atoms with van der Waals surface area (Å²) in [5.41, 5.74) is 0. The van der Waals surface area contributed by atoms with Crippen LogP contribution in [0.2, 0.25) is 0 Å². The molecule has 1 heterocycles. The lowest BCUT2D eigenvalue weighted by Gasteiger charge is -2.22. The van der Waals surface area contributed by atoms with E-state index >= 15 is 0 Å². The van der Waals surface area contributed by atoms with E-state index in [2.05, 4.69) is 10.3 Å². The third-order valence-electron chi connectivity index (χ3n) is 2.76. The number of hydrogen-bond acceptors (Lipinski definition) is 4. The second-order valence-corrected chi connectivity index (χ2v) is 5.29. The normalized spacial score (nSPS) is 21.2. The standard InChI is InChI=1S/C11H19N3O2S/c1-5-7(2)9(10(15)14(3)4)12-8-6-17-11(16)13-8/h7,9H,5-6H2,1-4H3,(H,12,13,16)/t7?,9-/m0/s1. The maximum absolute atomic E-state index is 12.0. The molecule has 96 valence electrons. The zero-order chi connectivity index (χ0) is 13.0. The fourth-order valence-corrected chi connectivity index (χ4v) is 2.08. The summed E-state index contributed by atoms with van der Waals surface area (Å²) < 4.78 is 0. The fraction of sp³-hybridized carbons (Fsp3) is 0.727. The van der Waals surface area contributed by atoms with E-state index in [-0.39, 0.29) is 17.1 Å². The quantitative estimate of drug-likeness (QED) is 0.827. The Morgan fingerprint density at radius 1 is 1.59 bits per heavy atom. The Labute approximate surface area is 106 Å². The van der Waals surface area contributed by atoms with E-state index in [1.807, 2.05) is 13.8 Å². The van der Waals surface area contributed by atoms with Crippen LogP contribution in [-0.4, -0.2) is 47.8 Å². The fourth-order valence-electron chi connectivity index (χ4n) is 1.47. The summed E-state index contributed by atoms with van der Waals surface area (Å²) in [5, 5.41) is 2.57. The topological polar surface area (TPSA) is 61.8 Å².